The summed E-state index contributed by atoms with van der Waals surface area (Å²) in [5.74, 6) is -0.293. The Morgan fingerprint density at radius 2 is 2.11 bits per heavy atom. The Balaban J connectivity index is 1.66. The Bertz CT molecular complexity index is 826. The molecule has 0 bridgehead atoms. The van der Waals surface area contributed by atoms with Crippen molar-refractivity contribution in [2.75, 3.05) is 13.1 Å². The van der Waals surface area contributed by atoms with Crippen LogP contribution < -0.4 is 5.32 Å². The Kier molecular flexibility index (Phi) is 6.29. The van der Waals surface area contributed by atoms with Gasteiger partial charge in [0.05, 0.1) is 12.3 Å². The minimum Gasteiger partial charge on any atom is -0.390 e. The molecule has 7 heteroatoms. The third kappa shape index (κ3) is 5.20. The standard InChI is InChI=1S/C20H21ClFN3O2/c1-2-23-20(26)25(12-14-4-3-5-16(21)10-14)13-18-11-19(24-27-18)15-6-8-17(22)9-7-15/h3-10,18H,2,11-13H2,1H3,(H,23,26). The quantitative estimate of drug-likeness (QED) is 0.804. The molecule has 1 aliphatic heterocycles. The van der Waals surface area contributed by atoms with Gasteiger partial charge in [-0.25, -0.2) is 9.18 Å². The average Bonchev–Trinajstić information content (AvgIpc) is 3.10. The zero-order chi connectivity index (χ0) is 19.2. The lowest BCUT2D eigenvalue weighted by molar-refractivity contribution is 0.0590. The average molecular weight is 390 g/mol. The van der Waals surface area contributed by atoms with Crippen molar-refractivity contribution in [3.8, 4) is 0 Å². The lowest BCUT2D eigenvalue weighted by Gasteiger charge is -2.25. The number of rotatable bonds is 6. The van der Waals surface area contributed by atoms with Crippen molar-refractivity contribution in [3.63, 3.8) is 0 Å². The molecular weight excluding hydrogens is 369 g/mol. The molecular formula is C20H21ClFN3O2. The second kappa shape index (κ2) is 8.86. The van der Waals surface area contributed by atoms with E-state index in [1.54, 1.807) is 23.1 Å². The van der Waals surface area contributed by atoms with Crippen LogP contribution in [0.3, 0.4) is 0 Å². The van der Waals surface area contributed by atoms with Crippen LogP contribution in [0.25, 0.3) is 0 Å². The van der Waals surface area contributed by atoms with E-state index >= 15 is 0 Å². The molecule has 27 heavy (non-hydrogen) atoms. The number of hydrogen-bond donors (Lipinski definition) is 1. The van der Waals surface area contributed by atoms with E-state index in [4.69, 9.17) is 16.4 Å². The number of halogens is 2. The maximum absolute atomic E-state index is 13.1. The van der Waals surface area contributed by atoms with Crippen molar-refractivity contribution in [3.05, 3.63) is 70.5 Å². The Morgan fingerprint density at radius 3 is 2.81 bits per heavy atom. The maximum Gasteiger partial charge on any atom is 0.317 e. The van der Waals surface area contributed by atoms with Crippen molar-refractivity contribution in [2.24, 2.45) is 5.16 Å². The van der Waals surface area contributed by atoms with Gasteiger partial charge in [0.25, 0.3) is 0 Å². The van der Waals surface area contributed by atoms with Crippen molar-refractivity contribution < 1.29 is 14.0 Å². The lowest BCUT2D eigenvalue weighted by Crippen LogP contribution is -2.43. The van der Waals surface area contributed by atoms with Crippen LogP contribution in [-0.2, 0) is 11.4 Å². The van der Waals surface area contributed by atoms with Crippen LogP contribution in [0.1, 0.15) is 24.5 Å². The fourth-order valence-electron chi connectivity index (χ4n) is 2.92. The molecule has 0 aromatic heterocycles. The first-order valence-corrected chi connectivity index (χ1v) is 9.18. The number of benzene rings is 2. The van der Waals surface area contributed by atoms with Crippen LogP contribution in [0.4, 0.5) is 9.18 Å². The van der Waals surface area contributed by atoms with E-state index in [1.165, 1.54) is 12.1 Å². The Morgan fingerprint density at radius 1 is 1.33 bits per heavy atom. The normalized spacial score (nSPS) is 15.8. The van der Waals surface area contributed by atoms with Gasteiger partial charge in [0, 0.05) is 24.5 Å². The molecule has 1 aliphatic rings. The van der Waals surface area contributed by atoms with E-state index in [1.807, 2.05) is 25.1 Å². The summed E-state index contributed by atoms with van der Waals surface area (Å²) in [6.07, 6.45) is 0.295. The summed E-state index contributed by atoms with van der Waals surface area (Å²) in [5, 5.41) is 7.56. The van der Waals surface area contributed by atoms with E-state index in [2.05, 4.69) is 10.5 Å². The molecule has 0 saturated heterocycles. The lowest BCUT2D eigenvalue weighted by atomic mass is 10.0. The van der Waals surface area contributed by atoms with E-state index in [0.29, 0.717) is 31.1 Å². The summed E-state index contributed by atoms with van der Waals surface area (Å²) in [6.45, 7) is 3.20. The molecule has 0 fully saturated rings. The molecule has 0 spiro atoms. The van der Waals surface area contributed by atoms with Gasteiger partial charge in [-0.05, 0) is 42.3 Å². The molecule has 1 atom stereocenters. The number of oxime groups is 1. The molecule has 1 heterocycles. The molecule has 0 radical (unpaired) electrons. The zero-order valence-corrected chi connectivity index (χ0v) is 15.7. The van der Waals surface area contributed by atoms with E-state index < -0.39 is 0 Å². The highest BCUT2D eigenvalue weighted by atomic mass is 35.5. The number of amides is 2. The second-order valence-electron chi connectivity index (χ2n) is 6.32. The van der Waals surface area contributed by atoms with Crippen molar-refractivity contribution in [1.29, 1.82) is 0 Å². The van der Waals surface area contributed by atoms with Gasteiger partial charge in [-0.1, -0.05) is 41.0 Å². The van der Waals surface area contributed by atoms with Gasteiger partial charge in [0.2, 0.25) is 0 Å². The van der Waals surface area contributed by atoms with Crippen LogP contribution in [-0.4, -0.2) is 35.8 Å². The maximum atomic E-state index is 13.1. The van der Waals surface area contributed by atoms with Gasteiger partial charge in [-0.15, -0.1) is 0 Å². The fourth-order valence-corrected chi connectivity index (χ4v) is 3.14. The van der Waals surface area contributed by atoms with Crippen LogP contribution in [0.2, 0.25) is 5.02 Å². The molecule has 2 aromatic carbocycles. The number of carbonyl (C=O) groups is 1. The Labute approximate surface area is 162 Å². The third-order valence-electron chi connectivity index (χ3n) is 4.21. The predicted octanol–water partition coefficient (Wildman–Crippen LogP) is 4.20. The summed E-state index contributed by atoms with van der Waals surface area (Å²) in [4.78, 5) is 19.7. The molecule has 3 rings (SSSR count). The van der Waals surface area contributed by atoms with E-state index in [9.17, 15) is 9.18 Å². The Hall–Kier alpha value is -2.60. The van der Waals surface area contributed by atoms with Crippen molar-refractivity contribution >= 4 is 23.3 Å². The van der Waals surface area contributed by atoms with Crippen molar-refractivity contribution in [2.45, 2.75) is 26.0 Å². The summed E-state index contributed by atoms with van der Waals surface area (Å²) in [6, 6.07) is 13.4. The number of urea groups is 1. The minimum atomic E-state index is -0.293. The summed E-state index contributed by atoms with van der Waals surface area (Å²) in [7, 11) is 0. The molecule has 2 amide bonds. The van der Waals surface area contributed by atoms with Gasteiger partial charge in [0.15, 0.2) is 6.10 Å². The number of nitrogens with zero attached hydrogens (tertiary/aromatic N) is 2. The van der Waals surface area contributed by atoms with E-state index in [-0.39, 0.29) is 18.0 Å². The fraction of sp³-hybridized carbons (Fsp3) is 0.300. The number of hydrogen-bond acceptors (Lipinski definition) is 3. The van der Waals surface area contributed by atoms with Crippen molar-refractivity contribution in [1.82, 2.24) is 10.2 Å². The van der Waals surface area contributed by atoms with Gasteiger partial charge in [-0.2, -0.15) is 0 Å². The summed E-state index contributed by atoms with van der Waals surface area (Å²) >= 11 is 6.05. The smallest absolute Gasteiger partial charge is 0.317 e. The number of carbonyl (C=O) groups excluding carboxylic acids is 1. The first-order valence-electron chi connectivity index (χ1n) is 8.81. The van der Waals surface area contributed by atoms with Crippen LogP contribution in [0.15, 0.2) is 53.7 Å². The summed E-state index contributed by atoms with van der Waals surface area (Å²) in [5.41, 5.74) is 2.50. The zero-order valence-electron chi connectivity index (χ0n) is 15.0. The highest BCUT2D eigenvalue weighted by Gasteiger charge is 2.26. The molecule has 0 saturated carbocycles. The highest BCUT2D eigenvalue weighted by Crippen LogP contribution is 2.20. The first kappa shape index (κ1) is 19.2. The third-order valence-corrected chi connectivity index (χ3v) is 4.45. The largest absolute Gasteiger partial charge is 0.390 e. The molecule has 0 aliphatic carbocycles. The SMILES string of the molecule is CCNC(=O)N(Cc1cccc(Cl)c1)CC1CC(c2ccc(F)cc2)=NO1. The van der Waals surface area contributed by atoms with Gasteiger partial charge in [-0.3, -0.25) is 0 Å². The molecule has 142 valence electrons. The van der Waals surface area contributed by atoms with Crippen LogP contribution in [0.5, 0.6) is 0 Å². The van der Waals surface area contributed by atoms with Crippen LogP contribution >= 0.6 is 11.6 Å². The minimum absolute atomic E-state index is 0.170. The second-order valence-corrected chi connectivity index (χ2v) is 6.76. The molecule has 1 N–H and O–H groups in total. The topological polar surface area (TPSA) is 53.9 Å². The number of nitrogens with one attached hydrogen (secondary N) is 1. The summed E-state index contributed by atoms with van der Waals surface area (Å²) < 4.78 is 13.1. The monoisotopic (exact) mass is 389 g/mol. The van der Waals surface area contributed by atoms with Gasteiger partial charge in [0.1, 0.15) is 5.82 Å². The van der Waals surface area contributed by atoms with E-state index in [0.717, 1.165) is 16.8 Å². The highest BCUT2D eigenvalue weighted by molar-refractivity contribution is 6.30. The predicted molar refractivity (Wildman–Crippen MR) is 103 cm³/mol. The van der Waals surface area contributed by atoms with Gasteiger partial charge < -0.3 is 15.1 Å². The van der Waals surface area contributed by atoms with Crippen LogP contribution in [0, 0.1) is 5.82 Å². The molecule has 2 aromatic rings. The molecule has 5 nitrogen and oxygen atoms in total. The van der Waals surface area contributed by atoms with Gasteiger partial charge >= 0.3 is 6.03 Å². The molecule has 1 unspecified atom stereocenters. The first-order chi connectivity index (χ1) is 13.0.